The second kappa shape index (κ2) is 8.20. The Morgan fingerprint density at radius 2 is 1.75 bits per heavy atom. The summed E-state index contributed by atoms with van der Waals surface area (Å²) in [6.07, 6.45) is 0. The van der Waals surface area contributed by atoms with Gasteiger partial charge in [-0.1, -0.05) is 13.0 Å². The first-order chi connectivity index (χ1) is 13.3. The summed E-state index contributed by atoms with van der Waals surface area (Å²) in [5.74, 6) is 0.752. The number of ether oxygens (including phenoxy) is 2. The van der Waals surface area contributed by atoms with Crippen LogP contribution >= 0.6 is 0 Å². The van der Waals surface area contributed by atoms with Gasteiger partial charge in [0.05, 0.1) is 11.4 Å². The Labute approximate surface area is 165 Å². The van der Waals surface area contributed by atoms with Gasteiger partial charge >= 0.3 is 0 Å². The highest BCUT2D eigenvalue weighted by Crippen LogP contribution is 2.32. The van der Waals surface area contributed by atoms with Gasteiger partial charge in [-0.15, -0.1) is 0 Å². The summed E-state index contributed by atoms with van der Waals surface area (Å²) in [7, 11) is -3.76. The summed E-state index contributed by atoms with van der Waals surface area (Å²) in [6, 6.07) is 10.0. The monoisotopic (exact) mass is 404 g/mol. The lowest BCUT2D eigenvalue weighted by molar-refractivity contribution is -0.116. The highest BCUT2D eigenvalue weighted by molar-refractivity contribution is 7.89. The summed E-state index contributed by atoms with van der Waals surface area (Å²) in [6.45, 7) is 6.33. The van der Waals surface area contributed by atoms with Crippen LogP contribution in [0.25, 0.3) is 0 Å². The fraction of sp³-hybridized carbons (Fsp3) is 0.350. The number of aryl methyl sites for hydroxylation is 2. The van der Waals surface area contributed by atoms with E-state index >= 15 is 0 Å². The Kier molecular flexibility index (Phi) is 5.90. The molecule has 0 saturated carbocycles. The van der Waals surface area contributed by atoms with Gasteiger partial charge in [-0.3, -0.25) is 4.79 Å². The molecule has 0 radical (unpaired) electrons. The van der Waals surface area contributed by atoms with Crippen LogP contribution in [0.3, 0.4) is 0 Å². The Balaban J connectivity index is 1.73. The van der Waals surface area contributed by atoms with Crippen molar-refractivity contribution in [2.75, 3.05) is 31.6 Å². The van der Waals surface area contributed by atoms with Crippen LogP contribution < -0.4 is 14.8 Å². The molecule has 1 amide bonds. The number of amides is 1. The number of carbonyl (C=O) groups is 1. The minimum atomic E-state index is -3.76. The third-order valence-corrected chi connectivity index (χ3v) is 6.53. The van der Waals surface area contributed by atoms with Crippen LogP contribution in [0.1, 0.15) is 18.1 Å². The van der Waals surface area contributed by atoms with Crippen LogP contribution in [0.5, 0.6) is 11.5 Å². The van der Waals surface area contributed by atoms with Gasteiger partial charge in [0.25, 0.3) is 0 Å². The van der Waals surface area contributed by atoms with E-state index < -0.39 is 15.9 Å². The number of nitrogens with one attached hydrogen (secondary N) is 1. The predicted octanol–water partition coefficient (Wildman–Crippen LogP) is 2.72. The van der Waals surface area contributed by atoms with Gasteiger partial charge in [0.2, 0.25) is 15.9 Å². The minimum Gasteiger partial charge on any atom is -0.486 e. The Morgan fingerprint density at radius 3 is 2.43 bits per heavy atom. The number of hydrogen-bond donors (Lipinski definition) is 1. The molecule has 1 heterocycles. The summed E-state index contributed by atoms with van der Waals surface area (Å²) in [5, 5.41) is 2.72. The molecule has 7 nitrogen and oxygen atoms in total. The number of anilines is 1. The van der Waals surface area contributed by atoms with Crippen molar-refractivity contribution >= 4 is 21.6 Å². The first kappa shape index (κ1) is 20.2. The molecule has 0 atom stereocenters. The molecule has 8 heteroatoms. The first-order valence-electron chi connectivity index (χ1n) is 9.08. The lowest BCUT2D eigenvalue weighted by Gasteiger charge is -2.21. The molecule has 1 aliphatic rings. The zero-order chi connectivity index (χ0) is 20.3. The Bertz CT molecular complexity index is 988. The van der Waals surface area contributed by atoms with Gasteiger partial charge in [0.1, 0.15) is 13.2 Å². The Hall–Kier alpha value is -2.58. The van der Waals surface area contributed by atoms with Gasteiger partial charge in [0.15, 0.2) is 11.5 Å². The highest BCUT2D eigenvalue weighted by Gasteiger charge is 2.26. The molecule has 1 aliphatic heterocycles. The number of hydrogen-bond acceptors (Lipinski definition) is 5. The molecule has 150 valence electrons. The van der Waals surface area contributed by atoms with Crippen molar-refractivity contribution < 1.29 is 22.7 Å². The summed E-state index contributed by atoms with van der Waals surface area (Å²) in [5.41, 5.74) is 2.42. The maximum Gasteiger partial charge on any atom is 0.243 e. The number of likely N-dealkylation sites (N-methyl/N-ethyl adjacent to an activating group) is 1. The minimum absolute atomic E-state index is 0.184. The van der Waals surface area contributed by atoms with Crippen molar-refractivity contribution in [3.8, 4) is 11.5 Å². The second-order valence-electron chi connectivity index (χ2n) is 6.58. The molecule has 0 aromatic heterocycles. The standard InChI is InChI=1S/C20H24N2O5S/c1-4-22(28(24,25)17-7-5-14(2)15(3)11-17)13-20(23)21-16-6-8-18-19(12-16)27-10-9-26-18/h5-8,11-12H,4,9-10,13H2,1-3H3,(H,21,23). The van der Waals surface area contributed by atoms with E-state index in [1.807, 2.05) is 13.8 Å². The fourth-order valence-corrected chi connectivity index (χ4v) is 4.36. The smallest absolute Gasteiger partial charge is 0.243 e. The molecule has 0 bridgehead atoms. The van der Waals surface area contributed by atoms with Gasteiger partial charge in [-0.25, -0.2) is 8.42 Å². The zero-order valence-electron chi connectivity index (χ0n) is 16.2. The van der Waals surface area contributed by atoms with Crippen molar-refractivity contribution in [1.29, 1.82) is 0 Å². The number of fused-ring (bicyclic) bond motifs is 1. The summed E-state index contributed by atoms with van der Waals surface area (Å²) in [4.78, 5) is 12.6. The molecule has 3 rings (SSSR count). The average molecular weight is 404 g/mol. The normalized spacial score (nSPS) is 13.4. The fourth-order valence-electron chi connectivity index (χ4n) is 2.87. The van der Waals surface area contributed by atoms with Crippen molar-refractivity contribution in [2.45, 2.75) is 25.7 Å². The van der Waals surface area contributed by atoms with Crippen molar-refractivity contribution in [2.24, 2.45) is 0 Å². The van der Waals surface area contributed by atoms with E-state index in [0.29, 0.717) is 30.4 Å². The van der Waals surface area contributed by atoms with Crippen LogP contribution in [-0.2, 0) is 14.8 Å². The quantitative estimate of drug-likeness (QED) is 0.800. The molecule has 2 aromatic carbocycles. The highest BCUT2D eigenvalue weighted by atomic mass is 32.2. The maximum atomic E-state index is 12.9. The van der Waals surface area contributed by atoms with E-state index in [0.717, 1.165) is 15.4 Å². The van der Waals surface area contributed by atoms with Crippen LogP contribution in [0, 0.1) is 13.8 Å². The first-order valence-corrected chi connectivity index (χ1v) is 10.5. The van der Waals surface area contributed by atoms with E-state index in [4.69, 9.17) is 9.47 Å². The third kappa shape index (κ3) is 4.28. The predicted molar refractivity (Wildman–Crippen MR) is 106 cm³/mol. The van der Waals surface area contributed by atoms with Crippen molar-refractivity contribution in [1.82, 2.24) is 4.31 Å². The van der Waals surface area contributed by atoms with E-state index in [-0.39, 0.29) is 18.0 Å². The van der Waals surface area contributed by atoms with E-state index in [1.54, 1.807) is 43.3 Å². The summed E-state index contributed by atoms with van der Waals surface area (Å²) >= 11 is 0. The van der Waals surface area contributed by atoms with Gasteiger partial charge < -0.3 is 14.8 Å². The van der Waals surface area contributed by atoms with E-state index in [9.17, 15) is 13.2 Å². The average Bonchev–Trinajstić information content (AvgIpc) is 2.67. The molecule has 0 fully saturated rings. The number of nitrogens with zero attached hydrogens (tertiary/aromatic N) is 1. The molecular weight excluding hydrogens is 380 g/mol. The Morgan fingerprint density at radius 1 is 1.04 bits per heavy atom. The van der Waals surface area contributed by atoms with Gasteiger partial charge in [-0.05, 0) is 49.2 Å². The maximum absolute atomic E-state index is 12.9. The van der Waals surface area contributed by atoms with Gasteiger partial charge in [-0.2, -0.15) is 4.31 Å². The molecule has 0 spiro atoms. The second-order valence-corrected chi connectivity index (χ2v) is 8.52. The number of carbonyl (C=O) groups excluding carboxylic acids is 1. The SMILES string of the molecule is CCN(CC(=O)Nc1ccc2c(c1)OCCO2)S(=O)(=O)c1ccc(C)c(C)c1. The number of benzene rings is 2. The largest absolute Gasteiger partial charge is 0.486 e. The van der Waals surface area contributed by atoms with E-state index in [2.05, 4.69) is 5.32 Å². The van der Waals surface area contributed by atoms with Crippen molar-refractivity contribution in [3.05, 3.63) is 47.5 Å². The molecule has 0 aliphatic carbocycles. The van der Waals surface area contributed by atoms with Crippen molar-refractivity contribution in [3.63, 3.8) is 0 Å². The molecule has 0 unspecified atom stereocenters. The van der Waals surface area contributed by atoms with E-state index in [1.165, 1.54) is 0 Å². The van der Waals surface area contributed by atoms with Crippen LogP contribution in [0.2, 0.25) is 0 Å². The van der Waals surface area contributed by atoms with Crippen LogP contribution in [-0.4, -0.2) is 44.9 Å². The topological polar surface area (TPSA) is 84.9 Å². The van der Waals surface area contributed by atoms with Crippen LogP contribution in [0.15, 0.2) is 41.3 Å². The molecule has 0 saturated heterocycles. The molecule has 28 heavy (non-hydrogen) atoms. The molecule has 2 aromatic rings. The third-order valence-electron chi connectivity index (χ3n) is 4.61. The van der Waals surface area contributed by atoms with Crippen LogP contribution in [0.4, 0.5) is 5.69 Å². The van der Waals surface area contributed by atoms with Gasteiger partial charge in [0, 0.05) is 18.3 Å². The number of sulfonamides is 1. The number of rotatable bonds is 6. The zero-order valence-corrected chi connectivity index (χ0v) is 17.0. The molecular formula is C20H24N2O5S. The lowest BCUT2D eigenvalue weighted by atomic mass is 10.1. The molecule has 1 N–H and O–H groups in total. The lowest BCUT2D eigenvalue weighted by Crippen LogP contribution is -2.37. The summed E-state index contributed by atoms with van der Waals surface area (Å²) < 4.78 is 37.9.